The molecule has 5 heteroatoms. The second kappa shape index (κ2) is 7.24. The number of hydrogen-bond donors (Lipinski definition) is 0. The van der Waals surface area contributed by atoms with Crippen LogP contribution >= 0.6 is 0 Å². The maximum absolute atomic E-state index is 12.6. The summed E-state index contributed by atoms with van der Waals surface area (Å²) in [5.41, 5.74) is 0.807. The molecule has 0 bridgehead atoms. The standard InChI is InChI=1S/C19H26N2O3/c1-14-11-15(2)13-20(12-14)18(22)7-8-19(23)21-9-10-24-17-6-4-3-5-16(17)21/h3-6,14-15H,7-13H2,1-2H3/t14-,15-/m0/s1. The number of anilines is 1. The summed E-state index contributed by atoms with van der Waals surface area (Å²) in [6, 6.07) is 7.56. The first-order valence-electron chi connectivity index (χ1n) is 8.84. The van der Waals surface area contributed by atoms with Crippen LogP contribution in [0.4, 0.5) is 5.69 Å². The maximum Gasteiger partial charge on any atom is 0.227 e. The summed E-state index contributed by atoms with van der Waals surface area (Å²) < 4.78 is 5.58. The van der Waals surface area contributed by atoms with E-state index in [2.05, 4.69) is 13.8 Å². The molecule has 0 unspecified atom stereocenters. The third-order valence-electron chi connectivity index (χ3n) is 4.80. The third-order valence-corrected chi connectivity index (χ3v) is 4.80. The number of para-hydroxylation sites is 2. The van der Waals surface area contributed by atoms with Crippen LogP contribution in [-0.4, -0.2) is 43.0 Å². The molecule has 24 heavy (non-hydrogen) atoms. The van der Waals surface area contributed by atoms with E-state index in [0.717, 1.165) is 24.5 Å². The largest absolute Gasteiger partial charge is 0.490 e. The van der Waals surface area contributed by atoms with Crippen LogP contribution in [0.2, 0.25) is 0 Å². The monoisotopic (exact) mass is 330 g/mol. The first kappa shape index (κ1) is 16.8. The Morgan fingerprint density at radius 3 is 2.50 bits per heavy atom. The summed E-state index contributed by atoms with van der Waals surface area (Å²) in [6.45, 7) is 7.05. The van der Waals surface area contributed by atoms with Crippen molar-refractivity contribution in [2.45, 2.75) is 33.1 Å². The van der Waals surface area contributed by atoms with Gasteiger partial charge in [-0.25, -0.2) is 0 Å². The molecule has 1 fully saturated rings. The number of carbonyl (C=O) groups excluding carboxylic acids is 2. The normalized spacial score (nSPS) is 23.4. The van der Waals surface area contributed by atoms with E-state index in [1.54, 1.807) is 4.90 Å². The molecule has 0 spiro atoms. The van der Waals surface area contributed by atoms with Crippen molar-refractivity contribution in [1.82, 2.24) is 4.90 Å². The zero-order valence-electron chi connectivity index (χ0n) is 14.5. The molecular formula is C19H26N2O3. The highest BCUT2D eigenvalue weighted by Crippen LogP contribution is 2.31. The van der Waals surface area contributed by atoms with E-state index < -0.39 is 0 Å². The molecular weight excluding hydrogens is 304 g/mol. The Labute approximate surface area is 143 Å². The number of likely N-dealkylation sites (tertiary alicyclic amines) is 1. The highest BCUT2D eigenvalue weighted by atomic mass is 16.5. The van der Waals surface area contributed by atoms with Crippen LogP contribution < -0.4 is 9.64 Å². The van der Waals surface area contributed by atoms with Crippen molar-refractivity contribution in [3.8, 4) is 5.75 Å². The molecule has 0 aliphatic carbocycles. The average Bonchev–Trinajstić information content (AvgIpc) is 2.58. The van der Waals surface area contributed by atoms with E-state index in [0.29, 0.717) is 25.0 Å². The Hall–Kier alpha value is -2.04. The second-order valence-electron chi connectivity index (χ2n) is 7.11. The molecule has 130 valence electrons. The van der Waals surface area contributed by atoms with Gasteiger partial charge in [-0.15, -0.1) is 0 Å². The average molecular weight is 330 g/mol. The van der Waals surface area contributed by atoms with E-state index in [1.807, 2.05) is 29.2 Å². The predicted octanol–water partition coefficient (Wildman–Crippen LogP) is 2.70. The number of piperidine rings is 1. The lowest BCUT2D eigenvalue weighted by Crippen LogP contribution is -2.43. The van der Waals surface area contributed by atoms with Crippen molar-refractivity contribution in [1.29, 1.82) is 0 Å². The van der Waals surface area contributed by atoms with E-state index in [1.165, 1.54) is 6.42 Å². The number of nitrogens with zero attached hydrogens (tertiary/aromatic N) is 2. The van der Waals surface area contributed by atoms with Crippen molar-refractivity contribution in [2.75, 3.05) is 31.1 Å². The van der Waals surface area contributed by atoms with Gasteiger partial charge in [-0.3, -0.25) is 9.59 Å². The molecule has 2 amide bonds. The molecule has 1 aromatic carbocycles. The molecule has 2 atom stereocenters. The fraction of sp³-hybridized carbons (Fsp3) is 0.579. The minimum Gasteiger partial charge on any atom is -0.490 e. The predicted molar refractivity (Wildman–Crippen MR) is 93.0 cm³/mol. The third kappa shape index (κ3) is 3.71. The number of ether oxygens (including phenoxy) is 1. The number of amides is 2. The molecule has 0 aromatic heterocycles. The molecule has 5 nitrogen and oxygen atoms in total. The fourth-order valence-electron chi connectivity index (χ4n) is 3.80. The second-order valence-corrected chi connectivity index (χ2v) is 7.11. The number of fused-ring (bicyclic) bond motifs is 1. The summed E-state index contributed by atoms with van der Waals surface area (Å²) in [5.74, 6) is 1.92. The Morgan fingerprint density at radius 1 is 1.08 bits per heavy atom. The summed E-state index contributed by atoms with van der Waals surface area (Å²) in [6.07, 6.45) is 1.72. The van der Waals surface area contributed by atoms with Gasteiger partial charge in [0.15, 0.2) is 0 Å². The highest BCUT2D eigenvalue weighted by molar-refractivity contribution is 5.97. The minimum absolute atomic E-state index is 0.00259. The van der Waals surface area contributed by atoms with Crippen LogP contribution in [0.3, 0.4) is 0 Å². The fourth-order valence-corrected chi connectivity index (χ4v) is 3.80. The van der Waals surface area contributed by atoms with E-state index >= 15 is 0 Å². The quantitative estimate of drug-likeness (QED) is 0.856. The zero-order chi connectivity index (χ0) is 17.1. The van der Waals surface area contributed by atoms with Crippen LogP contribution in [0.25, 0.3) is 0 Å². The number of rotatable bonds is 3. The van der Waals surface area contributed by atoms with Gasteiger partial charge in [0.25, 0.3) is 0 Å². The van der Waals surface area contributed by atoms with Crippen molar-refractivity contribution >= 4 is 17.5 Å². The number of carbonyl (C=O) groups is 2. The molecule has 2 aliphatic rings. The van der Waals surface area contributed by atoms with Crippen LogP contribution in [0, 0.1) is 11.8 Å². The molecule has 2 heterocycles. The van der Waals surface area contributed by atoms with Gasteiger partial charge in [0.2, 0.25) is 11.8 Å². The van der Waals surface area contributed by atoms with Gasteiger partial charge in [0.1, 0.15) is 12.4 Å². The SMILES string of the molecule is C[C@H]1C[C@H](C)CN(C(=O)CCC(=O)N2CCOc3ccccc32)C1. The number of benzene rings is 1. The first-order valence-corrected chi connectivity index (χ1v) is 8.84. The molecule has 0 N–H and O–H groups in total. The van der Waals surface area contributed by atoms with Crippen LogP contribution in [0.1, 0.15) is 33.1 Å². The minimum atomic E-state index is -0.00259. The van der Waals surface area contributed by atoms with Gasteiger partial charge >= 0.3 is 0 Å². The molecule has 2 aliphatic heterocycles. The highest BCUT2D eigenvalue weighted by Gasteiger charge is 2.27. The summed E-state index contributed by atoms with van der Waals surface area (Å²) >= 11 is 0. The smallest absolute Gasteiger partial charge is 0.227 e. The Balaban J connectivity index is 1.57. The van der Waals surface area contributed by atoms with E-state index in [9.17, 15) is 9.59 Å². The lowest BCUT2D eigenvalue weighted by Gasteiger charge is -2.35. The summed E-state index contributed by atoms with van der Waals surface area (Å²) in [7, 11) is 0. The Morgan fingerprint density at radius 2 is 1.75 bits per heavy atom. The van der Waals surface area contributed by atoms with Crippen LogP contribution in [0.15, 0.2) is 24.3 Å². The van der Waals surface area contributed by atoms with Gasteiger partial charge in [0.05, 0.1) is 12.2 Å². The molecule has 1 aromatic rings. The summed E-state index contributed by atoms with van der Waals surface area (Å²) in [4.78, 5) is 28.7. The molecule has 0 saturated carbocycles. The Kier molecular flexibility index (Phi) is 5.07. The van der Waals surface area contributed by atoms with Crippen molar-refractivity contribution in [3.63, 3.8) is 0 Å². The lowest BCUT2D eigenvalue weighted by molar-refractivity contribution is -0.135. The van der Waals surface area contributed by atoms with Gasteiger partial charge in [0, 0.05) is 25.9 Å². The Bertz CT molecular complexity index is 606. The van der Waals surface area contributed by atoms with Gasteiger partial charge in [-0.1, -0.05) is 26.0 Å². The maximum atomic E-state index is 12.6. The van der Waals surface area contributed by atoms with Crippen LogP contribution in [-0.2, 0) is 9.59 Å². The topological polar surface area (TPSA) is 49.9 Å². The van der Waals surface area contributed by atoms with Gasteiger partial charge in [-0.2, -0.15) is 0 Å². The van der Waals surface area contributed by atoms with Crippen molar-refractivity contribution < 1.29 is 14.3 Å². The zero-order valence-corrected chi connectivity index (χ0v) is 14.5. The molecule has 0 radical (unpaired) electrons. The summed E-state index contributed by atoms with van der Waals surface area (Å²) in [5, 5.41) is 0. The van der Waals surface area contributed by atoms with E-state index in [-0.39, 0.29) is 24.7 Å². The van der Waals surface area contributed by atoms with Gasteiger partial charge < -0.3 is 14.5 Å². The van der Waals surface area contributed by atoms with Crippen LogP contribution in [0.5, 0.6) is 5.75 Å². The molecule has 3 rings (SSSR count). The van der Waals surface area contributed by atoms with E-state index in [4.69, 9.17) is 4.74 Å². The molecule has 1 saturated heterocycles. The lowest BCUT2D eigenvalue weighted by atomic mass is 9.91. The first-order chi connectivity index (χ1) is 11.5. The van der Waals surface area contributed by atoms with Crippen molar-refractivity contribution in [3.05, 3.63) is 24.3 Å². The van der Waals surface area contributed by atoms with Gasteiger partial charge in [-0.05, 0) is 30.4 Å². The van der Waals surface area contributed by atoms with Crippen molar-refractivity contribution in [2.24, 2.45) is 11.8 Å². The number of hydrogen-bond acceptors (Lipinski definition) is 3.